The van der Waals surface area contributed by atoms with E-state index in [2.05, 4.69) is 0 Å². The molecule has 0 fully saturated rings. The first kappa shape index (κ1) is 12.4. The van der Waals surface area contributed by atoms with Gasteiger partial charge in [-0.15, -0.1) is 0 Å². The van der Waals surface area contributed by atoms with Gasteiger partial charge in [-0.2, -0.15) is 0 Å². The summed E-state index contributed by atoms with van der Waals surface area (Å²) in [5.74, 6) is -0.910. The van der Waals surface area contributed by atoms with Crippen molar-refractivity contribution in [3.8, 4) is 0 Å². The Morgan fingerprint density at radius 2 is 1.89 bits per heavy atom. The van der Waals surface area contributed by atoms with Crippen LogP contribution in [-0.4, -0.2) is 54.9 Å². The fourth-order valence-electron chi connectivity index (χ4n) is 0.285. The molecule has 0 rings (SSSR count). The normalized spacial score (nSPS) is 12.4. The quantitative estimate of drug-likeness (QED) is 0.540. The predicted molar refractivity (Wildman–Crippen MR) is 36.2 cm³/mol. The SMILES string of the molecule is CC(C)[C@H](N)C(=O)O.[Ca]. The van der Waals surface area contributed by atoms with E-state index in [1.807, 2.05) is 0 Å². The largest absolute Gasteiger partial charge is 0.480 e. The Morgan fingerprint density at radius 1 is 1.56 bits per heavy atom. The van der Waals surface area contributed by atoms with Crippen molar-refractivity contribution in [3.05, 3.63) is 0 Å². The zero-order valence-corrected chi connectivity index (χ0v) is 8.00. The summed E-state index contributed by atoms with van der Waals surface area (Å²) in [6, 6.07) is -0.713. The van der Waals surface area contributed by atoms with E-state index in [1.54, 1.807) is 13.8 Å². The van der Waals surface area contributed by atoms with Crippen LogP contribution in [0.2, 0.25) is 0 Å². The third-order valence-electron chi connectivity index (χ3n) is 1.00. The van der Waals surface area contributed by atoms with Crippen molar-refractivity contribution in [1.29, 1.82) is 0 Å². The van der Waals surface area contributed by atoms with Crippen LogP contribution in [0.1, 0.15) is 13.8 Å². The molecule has 9 heavy (non-hydrogen) atoms. The summed E-state index contributed by atoms with van der Waals surface area (Å²) in [6.45, 7) is 3.55. The summed E-state index contributed by atoms with van der Waals surface area (Å²) >= 11 is 0. The van der Waals surface area contributed by atoms with E-state index in [4.69, 9.17) is 10.8 Å². The van der Waals surface area contributed by atoms with Gasteiger partial charge < -0.3 is 10.8 Å². The van der Waals surface area contributed by atoms with E-state index >= 15 is 0 Å². The van der Waals surface area contributed by atoms with Gasteiger partial charge in [-0.1, -0.05) is 13.8 Å². The van der Waals surface area contributed by atoms with Crippen LogP contribution in [0.3, 0.4) is 0 Å². The van der Waals surface area contributed by atoms with Gasteiger partial charge in [-0.25, -0.2) is 0 Å². The third kappa shape index (κ3) is 5.15. The van der Waals surface area contributed by atoms with Gasteiger partial charge in [-0.3, -0.25) is 4.79 Å². The Hall–Kier alpha value is 0.690. The topological polar surface area (TPSA) is 63.3 Å². The Kier molecular flexibility index (Phi) is 7.52. The molecule has 0 aliphatic carbocycles. The Bertz CT molecular complexity index is 95.0. The van der Waals surface area contributed by atoms with Gasteiger partial charge in [0.15, 0.2) is 0 Å². The zero-order valence-electron chi connectivity index (χ0n) is 5.79. The summed E-state index contributed by atoms with van der Waals surface area (Å²) in [5.41, 5.74) is 5.16. The maximum Gasteiger partial charge on any atom is 0.320 e. The molecule has 0 spiro atoms. The van der Waals surface area contributed by atoms with Gasteiger partial charge in [0.2, 0.25) is 0 Å². The van der Waals surface area contributed by atoms with Crippen molar-refractivity contribution in [2.24, 2.45) is 11.7 Å². The molecule has 2 radical (unpaired) electrons. The van der Waals surface area contributed by atoms with Crippen LogP contribution in [0.15, 0.2) is 0 Å². The molecule has 0 amide bonds. The number of carbonyl (C=O) groups is 1. The number of hydrogen-bond donors (Lipinski definition) is 2. The number of hydrogen-bond acceptors (Lipinski definition) is 2. The summed E-state index contributed by atoms with van der Waals surface area (Å²) in [6.07, 6.45) is 0. The molecule has 0 aromatic rings. The van der Waals surface area contributed by atoms with Gasteiger partial charge in [0.1, 0.15) is 6.04 Å². The van der Waals surface area contributed by atoms with Crippen LogP contribution < -0.4 is 5.73 Å². The molecular formula is C5H11CaNO2. The smallest absolute Gasteiger partial charge is 0.320 e. The molecule has 0 aromatic carbocycles. The van der Waals surface area contributed by atoms with Crippen LogP contribution in [0.5, 0.6) is 0 Å². The molecule has 3 nitrogen and oxygen atoms in total. The van der Waals surface area contributed by atoms with Gasteiger partial charge in [0.25, 0.3) is 0 Å². The second-order valence-corrected chi connectivity index (χ2v) is 2.11. The third-order valence-corrected chi connectivity index (χ3v) is 1.00. The second-order valence-electron chi connectivity index (χ2n) is 2.11. The molecule has 3 N–H and O–H groups in total. The molecule has 0 saturated carbocycles. The number of carboxylic acids is 1. The fraction of sp³-hybridized carbons (Fsp3) is 0.800. The van der Waals surface area contributed by atoms with Crippen LogP contribution in [-0.2, 0) is 4.79 Å². The van der Waals surface area contributed by atoms with Crippen molar-refractivity contribution in [1.82, 2.24) is 0 Å². The molecule has 0 aliphatic heterocycles. The molecule has 0 aromatic heterocycles. The number of aliphatic carboxylic acids is 1. The molecule has 0 bridgehead atoms. The Balaban J connectivity index is 0. The summed E-state index contributed by atoms with van der Waals surface area (Å²) < 4.78 is 0. The van der Waals surface area contributed by atoms with Crippen LogP contribution in [0, 0.1) is 5.92 Å². The maximum atomic E-state index is 10.0. The number of carboxylic acid groups (broad SMARTS) is 1. The molecule has 50 valence electrons. The first-order chi connectivity index (χ1) is 3.55. The first-order valence-electron chi connectivity index (χ1n) is 2.54. The zero-order chi connectivity index (χ0) is 6.73. The van der Waals surface area contributed by atoms with E-state index in [0.29, 0.717) is 0 Å². The molecular weight excluding hydrogens is 146 g/mol. The first-order valence-corrected chi connectivity index (χ1v) is 2.54. The summed E-state index contributed by atoms with van der Waals surface area (Å²) in [4.78, 5) is 10.0. The van der Waals surface area contributed by atoms with E-state index in [-0.39, 0.29) is 43.7 Å². The maximum absolute atomic E-state index is 10.0. The standard InChI is InChI=1S/C5H11NO2.Ca/c1-3(2)4(6)5(7)8;/h3-4H,6H2,1-2H3,(H,7,8);/t4-;/m0./s1. The minimum atomic E-state index is -0.931. The van der Waals surface area contributed by atoms with E-state index in [0.717, 1.165) is 0 Å². The fourth-order valence-corrected chi connectivity index (χ4v) is 0.285. The van der Waals surface area contributed by atoms with E-state index in [1.165, 1.54) is 0 Å². The van der Waals surface area contributed by atoms with E-state index in [9.17, 15) is 4.79 Å². The molecule has 0 heterocycles. The van der Waals surface area contributed by atoms with Crippen LogP contribution in [0.25, 0.3) is 0 Å². The van der Waals surface area contributed by atoms with Gasteiger partial charge >= 0.3 is 5.97 Å². The summed E-state index contributed by atoms with van der Waals surface area (Å²) in [5, 5.41) is 8.23. The number of rotatable bonds is 2. The van der Waals surface area contributed by atoms with Gasteiger partial charge in [-0.05, 0) is 5.92 Å². The molecule has 0 aliphatic rings. The van der Waals surface area contributed by atoms with Crippen LogP contribution in [0.4, 0.5) is 0 Å². The van der Waals surface area contributed by atoms with Crippen molar-refractivity contribution in [2.75, 3.05) is 0 Å². The Morgan fingerprint density at radius 3 is 1.89 bits per heavy atom. The van der Waals surface area contributed by atoms with Crippen molar-refractivity contribution >= 4 is 43.7 Å². The minimum Gasteiger partial charge on any atom is -0.480 e. The number of nitrogens with two attached hydrogens (primary N) is 1. The van der Waals surface area contributed by atoms with E-state index < -0.39 is 12.0 Å². The monoisotopic (exact) mass is 157 g/mol. The average Bonchev–Trinajstić information content (AvgIpc) is 1.64. The average molecular weight is 157 g/mol. The second kappa shape index (κ2) is 5.47. The van der Waals surface area contributed by atoms with Crippen molar-refractivity contribution in [3.63, 3.8) is 0 Å². The van der Waals surface area contributed by atoms with Crippen molar-refractivity contribution in [2.45, 2.75) is 19.9 Å². The molecule has 1 atom stereocenters. The molecule has 0 unspecified atom stereocenters. The molecule has 4 heteroatoms. The van der Waals surface area contributed by atoms with Crippen molar-refractivity contribution < 1.29 is 9.90 Å². The predicted octanol–water partition coefficient (Wildman–Crippen LogP) is -0.327. The Labute approximate surface area is 84.6 Å². The van der Waals surface area contributed by atoms with Crippen LogP contribution >= 0.6 is 0 Å². The summed E-state index contributed by atoms with van der Waals surface area (Å²) in [7, 11) is 0. The van der Waals surface area contributed by atoms with Gasteiger partial charge in [0, 0.05) is 37.7 Å². The minimum absolute atomic E-state index is 0. The van der Waals surface area contributed by atoms with Gasteiger partial charge in [0.05, 0.1) is 0 Å². The molecule has 0 saturated heterocycles.